The lowest BCUT2D eigenvalue weighted by Gasteiger charge is -1.95. The van der Waals surface area contributed by atoms with E-state index in [-0.39, 0.29) is 5.56 Å². The zero-order chi connectivity index (χ0) is 8.27. The summed E-state index contributed by atoms with van der Waals surface area (Å²) in [5.41, 5.74) is 0.740. The summed E-state index contributed by atoms with van der Waals surface area (Å²) in [6.07, 6.45) is 1.93. The summed E-state index contributed by atoms with van der Waals surface area (Å²) in [6.45, 7) is 2.07. The average molecular weight is 217 g/mol. The minimum atomic E-state index is -0.176. The molecule has 60 valence electrons. The molecule has 0 saturated carbocycles. The summed E-state index contributed by atoms with van der Waals surface area (Å²) in [7, 11) is 0. The Kier molecular flexibility index (Phi) is 2.82. The summed E-state index contributed by atoms with van der Waals surface area (Å²) in [5.74, 6) is 0. The number of halogens is 1. The van der Waals surface area contributed by atoms with Crippen molar-refractivity contribution >= 4 is 15.9 Å². The molecule has 1 heterocycles. The molecule has 1 N–H and O–H groups in total. The van der Waals surface area contributed by atoms with Gasteiger partial charge < -0.3 is 0 Å². The Bertz CT molecular complexity index is 295. The van der Waals surface area contributed by atoms with Crippen LogP contribution in [-0.2, 0) is 6.42 Å². The van der Waals surface area contributed by atoms with Crippen LogP contribution < -0.4 is 5.56 Å². The first-order valence-corrected chi connectivity index (χ1v) is 4.27. The van der Waals surface area contributed by atoms with E-state index in [1.165, 1.54) is 0 Å². The van der Waals surface area contributed by atoms with Gasteiger partial charge in [-0.1, -0.05) is 13.3 Å². The molecule has 0 amide bonds. The molecular weight excluding hydrogens is 208 g/mol. The number of nitrogens with zero attached hydrogens (tertiary/aromatic N) is 1. The van der Waals surface area contributed by atoms with Crippen molar-refractivity contribution in [1.82, 2.24) is 10.2 Å². The van der Waals surface area contributed by atoms with Crippen LogP contribution >= 0.6 is 15.9 Å². The zero-order valence-corrected chi connectivity index (χ0v) is 7.81. The molecule has 3 nitrogen and oxygen atoms in total. The van der Waals surface area contributed by atoms with Gasteiger partial charge in [-0.25, -0.2) is 5.10 Å². The van der Waals surface area contributed by atoms with E-state index in [0.717, 1.165) is 18.5 Å². The number of aromatic amines is 1. The molecule has 0 fully saturated rings. The van der Waals surface area contributed by atoms with Crippen LogP contribution in [0.4, 0.5) is 0 Å². The van der Waals surface area contributed by atoms with Crippen molar-refractivity contribution in [3.8, 4) is 0 Å². The van der Waals surface area contributed by atoms with Crippen molar-refractivity contribution in [2.24, 2.45) is 0 Å². The molecule has 0 spiro atoms. The first-order chi connectivity index (χ1) is 5.24. The Morgan fingerprint density at radius 2 is 2.45 bits per heavy atom. The lowest BCUT2D eigenvalue weighted by atomic mass is 10.2. The first kappa shape index (κ1) is 8.46. The molecule has 0 aliphatic carbocycles. The number of nitrogens with one attached hydrogen (secondary N) is 1. The maximum absolute atomic E-state index is 10.8. The van der Waals surface area contributed by atoms with Crippen LogP contribution in [0, 0.1) is 0 Å². The van der Waals surface area contributed by atoms with Crippen LogP contribution in [0.5, 0.6) is 0 Å². The van der Waals surface area contributed by atoms with Gasteiger partial charge in [0.25, 0.3) is 5.56 Å². The van der Waals surface area contributed by atoms with Crippen molar-refractivity contribution in [3.05, 3.63) is 26.6 Å². The molecule has 1 rings (SSSR count). The number of hydrogen-bond donors (Lipinski definition) is 1. The highest BCUT2D eigenvalue weighted by molar-refractivity contribution is 9.10. The third-order valence-electron chi connectivity index (χ3n) is 1.32. The van der Waals surface area contributed by atoms with Gasteiger partial charge in [0.05, 0.1) is 10.2 Å². The Labute approximate surface area is 73.0 Å². The predicted octanol–water partition coefficient (Wildman–Crippen LogP) is 1.48. The van der Waals surface area contributed by atoms with Gasteiger partial charge in [-0.2, -0.15) is 5.10 Å². The van der Waals surface area contributed by atoms with Crippen molar-refractivity contribution < 1.29 is 0 Å². The Morgan fingerprint density at radius 1 is 1.73 bits per heavy atom. The number of H-pyrrole nitrogens is 1. The second kappa shape index (κ2) is 3.67. The third kappa shape index (κ3) is 2.15. The van der Waals surface area contributed by atoms with Crippen LogP contribution in [0.1, 0.15) is 19.0 Å². The molecular formula is C7H9BrN2O. The molecule has 0 aromatic carbocycles. The zero-order valence-electron chi connectivity index (χ0n) is 6.22. The van der Waals surface area contributed by atoms with Gasteiger partial charge >= 0.3 is 0 Å². The molecule has 0 saturated heterocycles. The van der Waals surface area contributed by atoms with E-state index in [1.807, 2.05) is 0 Å². The molecule has 0 unspecified atom stereocenters. The van der Waals surface area contributed by atoms with Crippen LogP contribution in [0.15, 0.2) is 15.3 Å². The van der Waals surface area contributed by atoms with E-state index in [1.54, 1.807) is 6.07 Å². The predicted molar refractivity (Wildman–Crippen MR) is 46.6 cm³/mol. The average Bonchev–Trinajstić information content (AvgIpc) is 1.98. The molecule has 0 aliphatic heterocycles. The highest BCUT2D eigenvalue weighted by atomic mass is 79.9. The summed E-state index contributed by atoms with van der Waals surface area (Å²) in [4.78, 5) is 10.8. The lowest BCUT2D eigenvalue weighted by Crippen LogP contribution is -2.10. The molecule has 0 bridgehead atoms. The van der Waals surface area contributed by atoms with E-state index in [4.69, 9.17) is 0 Å². The van der Waals surface area contributed by atoms with Gasteiger partial charge in [0.1, 0.15) is 0 Å². The van der Waals surface area contributed by atoms with Gasteiger partial charge in [-0.05, 0) is 28.4 Å². The van der Waals surface area contributed by atoms with Crippen LogP contribution in [0.25, 0.3) is 0 Å². The number of aromatic nitrogens is 2. The molecule has 1 aromatic rings. The molecule has 0 aliphatic rings. The summed E-state index contributed by atoms with van der Waals surface area (Å²) in [6, 6.07) is 1.75. The van der Waals surface area contributed by atoms with Crippen molar-refractivity contribution in [2.45, 2.75) is 19.8 Å². The number of rotatable bonds is 2. The molecule has 0 radical (unpaired) electrons. The van der Waals surface area contributed by atoms with Crippen molar-refractivity contribution in [1.29, 1.82) is 0 Å². The quantitative estimate of drug-likeness (QED) is 0.815. The monoisotopic (exact) mass is 216 g/mol. The fraction of sp³-hybridized carbons (Fsp3) is 0.429. The summed E-state index contributed by atoms with van der Waals surface area (Å²) in [5, 5.41) is 6.26. The van der Waals surface area contributed by atoms with Gasteiger partial charge in [0.2, 0.25) is 0 Å². The van der Waals surface area contributed by atoms with E-state index >= 15 is 0 Å². The normalized spacial score (nSPS) is 10.0. The highest BCUT2D eigenvalue weighted by Gasteiger charge is 1.97. The van der Waals surface area contributed by atoms with Crippen LogP contribution in [-0.4, -0.2) is 10.2 Å². The van der Waals surface area contributed by atoms with Gasteiger partial charge in [0, 0.05) is 0 Å². The van der Waals surface area contributed by atoms with Gasteiger partial charge in [0.15, 0.2) is 0 Å². The Balaban J connectivity index is 2.96. The highest BCUT2D eigenvalue weighted by Crippen LogP contribution is 2.04. The second-order valence-corrected chi connectivity index (χ2v) is 3.14. The Morgan fingerprint density at radius 3 is 3.00 bits per heavy atom. The first-order valence-electron chi connectivity index (χ1n) is 3.48. The molecule has 11 heavy (non-hydrogen) atoms. The minimum Gasteiger partial charge on any atom is -0.267 e. The van der Waals surface area contributed by atoms with E-state index in [0.29, 0.717) is 4.47 Å². The topological polar surface area (TPSA) is 45.8 Å². The second-order valence-electron chi connectivity index (χ2n) is 2.29. The smallest absolute Gasteiger partial charge is 0.267 e. The lowest BCUT2D eigenvalue weighted by molar-refractivity contribution is 0.824. The molecule has 1 aromatic heterocycles. The number of hydrogen-bond acceptors (Lipinski definition) is 2. The van der Waals surface area contributed by atoms with Crippen molar-refractivity contribution in [3.63, 3.8) is 0 Å². The third-order valence-corrected chi connectivity index (χ3v) is 1.91. The van der Waals surface area contributed by atoms with Crippen molar-refractivity contribution in [2.75, 3.05) is 0 Å². The molecule has 0 atom stereocenters. The number of aryl methyl sites for hydroxylation is 1. The van der Waals surface area contributed by atoms with Crippen LogP contribution in [0.3, 0.4) is 0 Å². The fourth-order valence-electron chi connectivity index (χ4n) is 0.804. The largest absolute Gasteiger partial charge is 0.278 e. The fourth-order valence-corrected chi connectivity index (χ4v) is 1.16. The summed E-state index contributed by atoms with van der Waals surface area (Å²) >= 11 is 3.13. The standard InChI is InChI=1S/C7H9BrN2O/c1-2-3-5-4-6(8)7(11)10-9-5/h4H,2-3H2,1H3,(H,10,11). The molecule has 4 heteroatoms. The maximum Gasteiger partial charge on any atom is 0.278 e. The van der Waals surface area contributed by atoms with E-state index < -0.39 is 0 Å². The van der Waals surface area contributed by atoms with E-state index in [2.05, 4.69) is 33.1 Å². The maximum atomic E-state index is 10.8. The van der Waals surface area contributed by atoms with Gasteiger partial charge in [-0.15, -0.1) is 0 Å². The Hall–Kier alpha value is -0.640. The minimum absolute atomic E-state index is 0.176. The summed E-state index contributed by atoms with van der Waals surface area (Å²) < 4.78 is 0.552. The van der Waals surface area contributed by atoms with Crippen LogP contribution in [0.2, 0.25) is 0 Å². The SMILES string of the molecule is CCCc1cc(Br)c(=O)[nH]n1. The van der Waals surface area contributed by atoms with E-state index in [9.17, 15) is 4.79 Å². The van der Waals surface area contributed by atoms with Gasteiger partial charge in [-0.3, -0.25) is 4.79 Å².